The van der Waals surface area contributed by atoms with Gasteiger partial charge in [-0.2, -0.15) is 0 Å². The highest BCUT2D eigenvalue weighted by molar-refractivity contribution is 8.18. The van der Waals surface area contributed by atoms with E-state index in [9.17, 15) is 14.9 Å². The Morgan fingerprint density at radius 2 is 1.88 bits per heavy atom. The van der Waals surface area contributed by atoms with Gasteiger partial charge in [-0.25, -0.2) is 4.99 Å². The summed E-state index contributed by atoms with van der Waals surface area (Å²) in [5.41, 5.74) is 3.16. The molecule has 1 fully saturated rings. The lowest BCUT2D eigenvalue weighted by atomic mass is 10.1. The van der Waals surface area contributed by atoms with Crippen molar-refractivity contribution in [3.63, 3.8) is 0 Å². The normalized spacial score (nSPS) is 17.1. The molecule has 174 valence electrons. The Hall–Kier alpha value is -3.65. The SMILES string of the molecule is CC[C@H](C)N1C(=O)/C(=C\c2ccc(-c3ccc(C)c([N+](=O)[O-])c3)o2)SC1=Nc1ccc(C)cc1. The summed E-state index contributed by atoms with van der Waals surface area (Å²) in [7, 11) is 0. The third kappa shape index (κ3) is 4.82. The first-order valence-electron chi connectivity index (χ1n) is 11.0. The van der Waals surface area contributed by atoms with Crippen molar-refractivity contribution in [3.8, 4) is 11.3 Å². The van der Waals surface area contributed by atoms with E-state index in [-0.39, 0.29) is 17.6 Å². The largest absolute Gasteiger partial charge is 0.457 e. The Morgan fingerprint density at radius 1 is 1.15 bits per heavy atom. The quantitative estimate of drug-likeness (QED) is 0.220. The third-order valence-corrected chi connectivity index (χ3v) is 6.70. The van der Waals surface area contributed by atoms with E-state index in [0.717, 1.165) is 17.7 Å². The van der Waals surface area contributed by atoms with Gasteiger partial charge in [0.1, 0.15) is 11.5 Å². The molecule has 4 rings (SSSR count). The number of hydrogen-bond donors (Lipinski definition) is 0. The Morgan fingerprint density at radius 3 is 2.56 bits per heavy atom. The van der Waals surface area contributed by atoms with E-state index >= 15 is 0 Å². The number of furan rings is 1. The maximum atomic E-state index is 13.2. The number of nitrogens with zero attached hydrogens (tertiary/aromatic N) is 3. The van der Waals surface area contributed by atoms with Crippen LogP contribution in [0.15, 0.2) is 68.9 Å². The number of rotatable bonds is 6. The van der Waals surface area contributed by atoms with Crippen LogP contribution < -0.4 is 0 Å². The lowest BCUT2D eigenvalue weighted by Crippen LogP contribution is -2.36. The minimum atomic E-state index is -0.406. The minimum absolute atomic E-state index is 0.00429. The van der Waals surface area contributed by atoms with Gasteiger partial charge in [0.15, 0.2) is 5.17 Å². The first kappa shape index (κ1) is 23.5. The fourth-order valence-electron chi connectivity index (χ4n) is 3.54. The number of aryl methyl sites for hydroxylation is 2. The topological polar surface area (TPSA) is 89.0 Å². The van der Waals surface area contributed by atoms with Gasteiger partial charge in [-0.3, -0.25) is 19.8 Å². The molecule has 1 aliphatic rings. The molecule has 0 spiro atoms. The zero-order chi connectivity index (χ0) is 24.4. The van der Waals surface area contributed by atoms with E-state index in [0.29, 0.717) is 32.7 Å². The Bertz CT molecular complexity index is 1310. The number of carbonyl (C=O) groups is 1. The average Bonchev–Trinajstić information content (AvgIpc) is 3.40. The molecule has 0 unspecified atom stereocenters. The standard InChI is InChI=1S/C26H25N3O4S/c1-5-18(4)28-25(30)24(34-26(28)27-20-10-6-16(2)7-11-20)15-21-12-13-23(33-21)19-9-8-17(3)22(14-19)29(31)32/h6-15,18H,5H2,1-4H3/b24-15+,27-26?/t18-/m0/s1. The average molecular weight is 476 g/mol. The summed E-state index contributed by atoms with van der Waals surface area (Å²) in [4.78, 5) is 31.1. The molecule has 2 heterocycles. The number of hydrogen-bond acceptors (Lipinski definition) is 6. The lowest BCUT2D eigenvalue weighted by Gasteiger charge is -2.22. The van der Waals surface area contributed by atoms with Crippen LogP contribution in [-0.2, 0) is 4.79 Å². The van der Waals surface area contributed by atoms with Crippen LogP contribution >= 0.6 is 11.8 Å². The molecule has 1 saturated heterocycles. The van der Waals surface area contributed by atoms with Crippen molar-refractivity contribution in [2.75, 3.05) is 0 Å². The predicted molar refractivity (Wildman–Crippen MR) is 136 cm³/mol. The molecule has 0 aliphatic carbocycles. The molecule has 0 bridgehead atoms. The first-order chi connectivity index (χ1) is 16.3. The van der Waals surface area contributed by atoms with Crippen LogP contribution in [0.4, 0.5) is 11.4 Å². The molecule has 1 amide bonds. The molecule has 0 saturated carbocycles. The highest BCUT2D eigenvalue weighted by atomic mass is 32.2. The Kier molecular flexibility index (Phi) is 6.70. The molecular weight excluding hydrogens is 450 g/mol. The second kappa shape index (κ2) is 9.69. The van der Waals surface area contributed by atoms with Gasteiger partial charge in [-0.15, -0.1) is 0 Å². The second-order valence-corrected chi connectivity index (χ2v) is 9.24. The van der Waals surface area contributed by atoms with Crippen molar-refractivity contribution in [1.82, 2.24) is 4.90 Å². The van der Waals surface area contributed by atoms with E-state index in [4.69, 9.17) is 9.41 Å². The minimum Gasteiger partial charge on any atom is -0.457 e. The number of nitro groups is 1. The van der Waals surface area contributed by atoms with Gasteiger partial charge < -0.3 is 4.42 Å². The van der Waals surface area contributed by atoms with Gasteiger partial charge in [0, 0.05) is 29.3 Å². The van der Waals surface area contributed by atoms with Gasteiger partial charge in [0.25, 0.3) is 11.6 Å². The van der Waals surface area contributed by atoms with E-state index in [1.54, 1.807) is 42.2 Å². The monoisotopic (exact) mass is 475 g/mol. The Balaban J connectivity index is 1.65. The van der Waals surface area contributed by atoms with Gasteiger partial charge in [-0.05, 0) is 63.2 Å². The van der Waals surface area contributed by atoms with Crippen LogP contribution in [0.2, 0.25) is 0 Å². The van der Waals surface area contributed by atoms with E-state index in [1.807, 2.05) is 45.0 Å². The van der Waals surface area contributed by atoms with Crippen molar-refractivity contribution in [2.24, 2.45) is 4.99 Å². The van der Waals surface area contributed by atoms with Gasteiger partial charge >= 0.3 is 0 Å². The van der Waals surface area contributed by atoms with E-state index < -0.39 is 4.92 Å². The van der Waals surface area contributed by atoms with Crippen molar-refractivity contribution in [3.05, 3.63) is 86.5 Å². The summed E-state index contributed by atoms with van der Waals surface area (Å²) in [6.07, 6.45) is 2.50. The molecule has 0 radical (unpaired) electrons. The molecule has 1 aromatic heterocycles. The molecule has 2 aromatic carbocycles. The van der Waals surface area contributed by atoms with Crippen molar-refractivity contribution < 1.29 is 14.1 Å². The number of amides is 1. The summed E-state index contributed by atoms with van der Waals surface area (Å²) in [6, 6.07) is 16.3. The van der Waals surface area contributed by atoms with Crippen LogP contribution in [0, 0.1) is 24.0 Å². The molecule has 3 aromatic rings. The molecule has 0 N–H and O–H groups in total. The fraction of sp³-hybridized carbons (Fsp3) is 0.231. The molecule has 34 heavy (non-hydrogen) atoms. The van der Waals surface area contributed by atoms with Crippen LogP contribution in [0.3, 0.4) is 0 Å². The van der Waals surface area contributed by atoms with Crippen molar-refractivity contribution in [1.29, 1.82) is 0 Å². The number of nitro benzene ring substituents is 1. The number of benzene rings is 2. The predicted octanol–water partition coefficient (Wildman–Crippen LogP) is 6.87. The lowest BCUT2D eigenvalue weighted by molar-refractivity contribution is -0.385. The highest BCUT2D eigenvalue weighted by Gasteiger charge is 2.36. The van der Waals surface area contributed by atoms with Gasteiger partial charge in [0.2, 0.25) is 0 Å². The fourth-order valence-corrected chi connectivity index (χ4v) is 4.61. The first-order valence-corrected chi connectivity index (χ1v) is 11.8. The van der Waals surface area contributed by atoms with Crippen LogP contribution in [-0.4, -0.2) is 26.9 Å². The number of thioether (sulfide) groups is 1. The number of aliphatic imine (C=N–C) groups is 1. The summed E-state index contributed by atoms with van der Waals surface area (Å²) < 4.78 is 5.92. The zero-order valence-electron chi connectivity index (χ0n) is 19.4. The molecular formula is C26H25N3O4S. The highest BCUT2D eigenvalue weighted by Crippen LogP contribution is 2.37. The van der Waals surface area contributed by atoms with Gasteiger partial charge in [-0.1, -0.05) is 36.8 Å². The zero-order valence-corrected chi connectivity index (χ0v) is 20.3. The molecule has 7 nitrogen and oxygen atoms in total. The summed E-state index contributed by atoms with van der Waals surface area (Å²) in [6.45, 7) is 7.75. The summed E-state index contributed by atoms with van der Waals surface area (Å²) >= 11 is 1.32. The van der Waals surface area contributed by atoms with Gasteiger partial charge in [0.05, 0.1) is 15.5 Å². The maximum absolute atomic E-state index is 13.2. The summed E-state index contributed by atoms with van der Waals surface area (Å²) in [5, 5.41) is 11.9. The number of amidine groups is 1. The maximum Gasteiger partial charge on any atom is 0.273 e. The second-order valence-electron chi connectivity index (χ2n) is 8.23. The van der Waals surface area contributed by atoms with Crippen LogP contribution in [0.5, 0.6) is 0 Å². The molecule has 1 aliphatic heterocycles. The number of carbonyl (C=O) groups excluding carboxylic acids is 1. The van der Waals surface area contributed by atoms with E-state index in [2.05, 4.69) is 0 Å². The third-order valence-electron chi connectivity index (χ3n) is 5.72. The molecule has 8 heteroatoms. The molecule has 1 atom stereocenters. The van der Waals surface area contributed by atoms with Crippen LogP contribution in [0.25, 0.3) is 17.4 Å². The van der Waals surface area contributed by atoms with Crippen molar-refractivity contribution in [2.45, 2.75) is 40.2 Å². The summed E-state index contributed by atoms with van der Waals surface area (Å²) in [5.74, 6) is 0.877. The Labute approximate surface area is 202 Å². The smallest absolute Gasteiger partial charge is 0.273 e. The van der Waals surface area contributed by atoms with E-state index in [1.165, 1.54) is 17.8 Å². The van der Waals surface area contributed by atoms with Crippen LogP contribution in [0.1, 0.15) is 37.2 Å². The van der Waals surface area contributed by atoms with Crippen molar-refractivity contribution >= 4 is 40.3 Å².